The third kappa shape index (κ3) is 5.49. The first-order valence-electron chi connectivity index (χ1n) is 16.4. The SMILES string of the molecule is CCC[C@]12CCC(O)(OS(=O)(=O)c3ccccc3)CC1=CC[C@@H]1[C@@H]2CC[C@]2(C)[C@@H]([C@H](C)CCCC(C)C)CC[C@@H]12. The van der Waals surface area contributed by atoms with Gasteiger partial charge in [-0.2, -0.15) is 8.42 Å². The van der Waals surface area contributed by atoms with E-state index >= 15 is 0 Å². The first-order chi connectivity index (χ1) is 18.9. The van der Waals surface area contributed by atoms with E-state index < -0.39 is 15.9 Å². The maximum Gasteiger partial charge on any atom is 0.299 e. The highest BCUT2D eigenvalue weighted by Crippen LogP contribution is 2.69. The largest absolute Gasteiger partial charge is 0.364 e. The smallest absolute Gasteiger partial charge is 0.299 e. The first-order valence-corrected chi connectivity index (χ1v) is 17.8. The lowest BCUT2D eigenvalue weighted by Gasteiger charge is -2.60. The second-order valence-electron chi connectivity index (χ2n) is 14.8. The van der Waals surface area contributed by atoms with Crippen LogP contribution in [-0.2, 0) is 14.3 Å². The van der Waals surface area contributed by atoms with E-state index in [-0.39, 0.29) is 10.3 Å². The average Bonchev–Trinajstić information content (AvgIpc) is 3.26. The van der Waals surface area contributed by atoms with Crippen LogP contribution in [0.1, 0.15) is 118 Å². The monoisotopic (exact) mass is 570 g/mol. The standard InChI is InChI=1S/C35H54O4S/c1-6-20-34-22-23-35(36,39-40(37,38)28-13-8-7-9-14-28)24-27(34)15-16-29-31-18-17-30(26(4)12-10-11-25(2)3)33(31,5)21-19-32(29)34/h7-9,13-15,25-26,29-32,36H,6,10-12,16-24H2,1-5H3/t26-,29+,30-,31+,32+,33-,34+,35?/m1/s1. The van der Waals surface area contributed by atoms with E-state index in [0.717, 1.165) is 49.4 Å². The molecule has 0 bridgehead atoms. The summed E-state index contributed by atoms with van der Waals surface area (Å²) in [6.45, 7) is 12.1. The number of hydrogen-bond donors (Lipinski definition) is 1. The second-order valence-corrected chi connectivity index (χ2v) is 16.3. The number of rotatable bonds is 10. The number of aliphatic hydroxyl groups is 1. The van der Waals surface area contributed by atoms with Crippen molar-refractivity contribution in [2.45, 2.75) is 129 Å². The Hall–Kier alpha value is -1.17. The van der Waals surface area contributed by atoms with Crippen LogP contribution in [0.25, 0.3) is 0 Å². The van der Waals surface area contributed by atoms with Crippen LogP contribution < -0.4 is 0 Å². The number of benzene rings is 1. The van der Waals surface area contributed by atoms with Crippen LogP contribution in [0.5, 0.6) is 0 Å². The van der Waals surface area contributed by atoms with Crippen LogP contribution in [0.4, 0.5) is 0 Å². The van der Waals surface area contributed by atoms with E-state index in [0.29, 0.717) is 30.1 Å². The maximum absolute atomic E-state index is 13.0. The van der Waals surface area contributed by atoms with Crippen molar-refractivity contribution < 1.29 is 17.7 Å². The Morgan fingerprint density at radius 1 is 1.00 bits per heavy atom. The van der Waals surface area contributed by atoms with Gasteiger partial charge in [-0.1, -0.05) is 90.2 Å². The molecule has 0 aromatic heterocycles. The van der Waals surface area contributed by atoms with Crippen molar-refractivity contribution in [3.8, 4) is 0 Å². The zero-order valence-corrected chi connectivity index (χ0v) is 26.5. The molecule has 4 nitrogen and oxygen atoms in total. The van der Waals surface area contributed by atoms with Crippen molar-refractivity contribution >= 4 is 10.1 Å². The van der Waals surface area contributed by atoms with Crippen LogP contribution in [0, 0.1) is 46.3 Å². The summed E-state index contributed by atoms with van der Waals surface area (Å²) in [6, 6.07) is 8.23. The van der Waals surface area contributed by atoms with E-state index in [1.807, 2.05) is 0 Å². The lowest BCUT2D eigenvalue weighted by Crippen LogP contribution is -2.54. The van der Waals surface area contributed by atoms with Crippen molar-refractivity contribution in [1.29, 1.82) is 0 Å². The number of hydrogen-bond acceptors (Lipinski definition) is 4. The highest BCUT2D eigenvalue weighted by Gasteiger charge is 2.61. The van der Waals surface area contributed by atoms with Gasteiger partial charge >= 0.3 is 0 Å². The van der Waals surface area contributed by atoms with Crippen LogP contribution in [0.2, 0.25) is 0 Å². The molecule has 0 radical (unpaired) electrons. The molecule has 0 saturated heterocycles. The van der Waals surface area contributed by atoms with Gasteiger partial charge in [0.15, 0.2) is 5.79 Å². The molecule has 4 aliphatic carbocycles. The molecule has 3 saturated carbocycles. The van der Waals surface area contributed by atoms with Gasteiger partial charge in [0.25, 0.3) is 10.1 Å². The molecule has 4 aliphatic rings. The van der Waals surface area contributed by atoms with Crippen molar-refractivity contribution in [1.82, 2.24) is 0 Å². The summed E-state index contributed by atoms with van der Waals surface area (Å²) in [5.41, 5.74) is 1.79. The molecule has 5 heteroatoms. The molecule has 5 rings (SSSR count). The van der Waals surface area contributed by atoms with Gasteiger partial charge in [0.05, 0.1) is 4.90 Å². The van der Waals surface area contributed by atoms with Gasteiger partial charge in [0.1, 0.15) is 0 Å². The first kappa shape index (κ1) is 30.3. The Morgan fingerprint density at radius 2 is 1.75 bits per heavy atom. The molecule has 1 aromatic rings. The molecule has 0 heterocycles. The van der Waals surface area contributed by atoms with Gasteiger partial charge in [-0.25, -0.2) is 4.18 Å². The molecular formula is C35H54O4S. The molecule has 0 spiro atoms. The lowest BCUT2D eigenvalue weighted by atomic mass is 9.45. The van der Waals surface area contributed by atoms with Crippen LogP contribution in [0.15, 0.2) is 46.9 Å². The third-order valence-corrected chi connectivity index (χ3v) is 13.4. The van der Waals surface area contributed by atoms with Gasteiger partial charge in [-0.15, -0.1) is 0 Å². The predicted molar refractivity (Wildman–Crippen MR) is 162 cm³/mol. The lowest BCUT2D eigenvalue weighted by molar-refractivity contribution is -0.170. The van der Waals surface area contributed by atoms with Crippen molar-refractivity contribution in [2.75, 3.05) is 0 Å². The zero-order chi connectivity index (χ0) is 28.8. The van der Waals surface area contributed by atoms with E-state index in [2.05, 4.69) is 40.7 Å². The minimum absolute atomic E-state index is 0.0755. The van der Waals surface area contributed by atoms with Crippen LogP contribution in [-0.4, -0.2) is 19.3 Å². The van der Waals surface area contributed by atoms with Crippen molar-refractivity contribution in [3.05, 3.63) is 42.0 Å². The fraction of sp³-hybridized carbons (Fsp3) is 0.771. The number of fused-ring (bicyclic) bond motifs is 5. The second kappa shape index (κ2) is 11.5. The summed E-state index contributed by atoms with van der Waals surface area (Å²) in [4.78, 5) is 0.104. The summed E-state index contributed by atoms with van der Waals surface area (Å²) in [7, 11) is -4.03. The van der Waals surface area contributed by atoms with E-state index in [9.17, 15) is 13.5 Å². The summed E-state index contributed by atoms with van der Waals surface area (Å²) in [6.07, 6.45) is 16.6. The number of allylic oxidation sites excluding steroid dienone is 1. The Morgan fingerprint density at radius 3 is 2.45 bits per heavy atom. The highest BCUT2D eigenvalue weighted by molar-refractivity contribution is 7.86. The molecule has 0 aliphatic heterocycles. The van der Waals surface area contributed by atoms with Gasteiger partial charge < -0.3 is 5.11 Å². The highest BCUT2D eigenvalue weighted by atomic mass is 32.2. The fourth-order valence-electron chi connectivity index (χ4n) is 10.3. The Kier molecular flexibility index (Phi) is 8.70. The van der Waals surface area contributed by atoms with Gasteiger partial charge in [0, 0.05) is 12.8 Å². The van der Waals surface area contributed by atoms with Crippen LogP contribution >= 0.6 is 0 Å². The molecular weight excluding hydrogens is 516 g/mol. The third-order valence-electron chi connectivity index (χ3n) is 12.0. The summed E-state index contributed by atoms with van der Waals surface area (Å²) >= 11 is 0. The van der Waals surface area contributed by atoms with Crippen LogP contribution in [0.3, 0.4) is 0 Å². The maximum atomic E-state index is 13.0. The molecule has 40 heavy (non-hydrogen) atoms. The molecule has 1 N–H and O–H groups in total. The summed E-state index contributed by atoms with van der Waals surface area (Å²) in [5, 5.41) is 11.5. The average molecular weight is 571 g/mol. The minimum Gasteiger partial charge on any atom is -0.364 e. The van der Waals surface area contributed by atoms with Gasteiger partial charge in [-0.05, 0) is 103 Å². The Labute approximate surface area is 244 Å². The molecule has 0 amide bonds. The summed E-state index contributed by atoms with van der Waals surface area (Å²) < 4.78 is 31.7. The van der Waals surface area contributed by atoms with Crippen molar-refractivity contribution in [2.24, 2.45) is 46.3 Å². The molecule has 1 unspecified atom stereocenters. The van der Waals surface area contributed by atoms with Gasteiger partial charge in [0.2, 0.25) is 0 Å². The Balaban J connectivity index is 1.35. The minimum atomic E-state index is -4.03. The Bertz CT molecular complexity index is 1160. The molecule has 3 fully saturated rings. The quantitative estimate of drug-likeness (QED) is 0.173. The van der Waals surface area contributed by atoms with E-state index in [4.69, 9.17) is 4.18 Å². The zero-order valence-electron chi connectivity index (χ0n) is 25.7. The van der Waals surface area contributed by atoms with Crippen molar-refractivity contribution in [3.63, 3.8) is 0 Å². The van der Waals surface area contributed by atoms with E-state index in [1.165, 1.54) is 62.7 Å². The topological polar surface area (TPSA) is 63.6 Å². The normalized spacial score (nSPS) is 38.3. The fourth-order valence-corrected chi connectivity index (χ4v) is 11.4. The van der Waals surface area contributed by atoms with Gasteiger partial charge in [-0.3, -0.25) is 0 Å². The molecule has 1 aromatic carbocycles. The molecule has 8 atom stereocenters. The summed E-state index contributed by atoms with van der Waals surface area (Å²) in [5.74, 6) is 2.90. The van der Waals surface area contributed by atoms with E-state index in [1.54, 1.807) is 18.2 Å². The predicted octanol–water partition coefficient (Wildman–Crippen LogP) is 8.90. The molecule has 224 valence electrons.